The molecule has 0 saturated carbocycles. The molecule has 0 unspecified atom stereocenters. The van der Waals surface area contributed by atoms with Crippen LogP contribution >= 0.6 is 0 Å². The van der Waals surface area contributed by atoms with E-state index >= 15 is 0 Å². The summed E-state index contributed by atoms with van der Waals surface area (Å²) in [4.78, 5) is 11.7. The van der Waals surface area contributed by atoms with Crippen molar-refractivity contribution in [3.05, 3.63) is 17.0 Å². The Kier molecular flexibility index (Phi) is 3.75. The molecule has 6 heteroatoms. The van der Waals surface area contributed by atoms with Gasteiger partial charge < -0.3 is 15.2 Å². The van der Waals surface area contributed by atoms with Crippen LogP contribution in [0.15, 0.2) is 0 Å². The number of nitrogens with zero attached hydrogens (tertiary/aromatic N) is 2. The van der Waals surface area contributed by atoms with Gasteiger partial charge in [0.05, 0.1) is 19.8 Å². The summed E-state index contributed by atoms with van der Waals surface area (Å²) in [7, 11) is 0. The Morgan fingerprint density at radius 1 is 1.65 bits per heavy atom. The summed E-state index contributed by atoms with van der Waals surface area (Å²) in [5.74, 6) is -0.385. The summed E-state index contributed by atoms with van der Waals surface area (Å²) >= 11 is 0. The molecule has 1 aliphatic rings. The Morgan fingerprint density at radius 2 is 2.47 bits per heavy atom. The number of aromatic nitrogens is 2. The van der Waals surface area contributed by atoms with E-state index in [1.54, 1.807) is 11.6 Å². The van der Waals surface area contributed by atoms with Gasteiger partial charge in [0.2, 0.25) is 0 Å². The topological polar surface area (TPSA) is 76.4 Å². The molecule has 0 aliphatic carbocycles. The Hall–Kier alpha value is -1.40. The SMILES string of the molecule is CCOC(=O)c1nn(CCO)c2c1CNCC2. The molecule has 1 aliphatic heterocycles. The van der Waals surface area contributed by atoms with Crippen molar-refractivity contribution in [2.45, 2.75) is 26.4 Å². The minimum absolute atomic E-state index is 0.0177. The lowest BCUT2D eigenvalue weighted by molar-refractivity contribution is 0.0516. The fourth-order valence-electron chi connectivity index (χ4n) is 2.06. The van der Waals surface area contributed by atoms with Crippen molar-refractivity contribution >= 4 is 5.97 Å². The first-order chi connectivity index (χ1) is 8.27. The van der Waals surface area contributed by atoms with Crippen LogP contribution in [0, 0.1) is 0 Å². The second kappa shape index (κ2) is 5.29. The van der Waals surface area contributed by atoms with Crippen molar-refractivity contribution < 1.29 is 14.6 Å². The Balaban J connectivity index is 2.35. The highest BCUT2D eigenvalue weighted by Gasteiger charge is 2.25. The first-order valence-electron chi connectivity index (χ1n) is 5.85. The van der Waals surface area contributed by atoms with Crippen molar-refractivity contribution in [3.63, 3.8) is 0 Å². The van der Waals surface area contributed by atoms with Gasteiger partial charge in [0, 0.05) is 30.8 Å². The molecule has 0 spiro atoms. The molecule has 0 saturated heterocycles. The number of carbonyl (C=O) groups is 1. The highest BCUT2D eigenvalue weighted by Crippen LogP contribution is 2.19. The zero-order valence-corrected chi connectivity index (χ0v) is 9.90. The van der Waals surface area contributed by atoms with Crippen LogP contribution < -0.4 is 5.32 Å². The molecule has 2 heterocycles. The van der Waals surface area contributed by atoms with Crippen LogP contribution in [-0.2, 0) is 24.2 Å². The predicted molar refractivity (Wildman–Crippen MR) is 60.7 cm³/mol. The molecule has 0 bridgehead atoms. The number of ether oxygens (including phenoxy) is 1. The maximum Gasteiger partial charge on any atom is 0.359 e. The molecule has 6 nitrogen and oxygen atoms in total. The van der Waals surface area contributed by atoms with Gasteiger partial charge in [0.1, 0.15) is 0 Å². The van der Waals surface area contributed by atoms with Crippen LogP contribution in [-0.4, -0.2) is 40.6 Å². The standard InChI is InChI=1S/C11H17N3O3/c1-2-17-11(16)10-8-7-12-4-3-9(8)14(13-10)5-6-15/h12,15H,2-7H2,1H3. The molecule has 2 rings (SSSR count). The van der Waals surface area contributed by atoms with Crippen molar-refractivity contribution in [3.8, 4) is 0 Å². The monoisotopic (exact) mass is 239 g/mol. The molecule has 1 aromatic rings. The Labute approximate surface area is 99.6 Å². The largest absolute Gasteiger partial charge is 0.461 e. The van der Waals surface area contributed by atoms with E-state index in [1.807, 2.05) is 0 Å². The van der Waals surface area contributed by atoms with E-state index < -0.39 is 0 Å². The van der Waals surface area contributed by atoms with Crippen LogP contribution in [0.2, 0.25) is 0 Å². The predicted octanol–water partition coefficient (Wildman–Crippen LogP) is -0.302. The molecule has 17 heavy (non-hydrogen) atoms. The van der Waals surface area contributed by atoms with Gasteiger partial charge in [-0.1, -0.05) is 0 Å². The van der Waals surface area contributed by atoms with E-state index in [0.29, 0.717) is 25.4 Å². The number of fused-ring (bicyclic) bond motifs is 1. The number of nitrogens with one attached hydrogen (secondary N) is 1. The summed E-state index contributed by atoms with van der Waals surface area (Å²) in [5, 5.41) is 16.4. The molecule has 0 aromatic carbocycles. The normalized spacial score (nSPS) is 14.5. The third-order valence-electron chi connectivity index (χ3n) is 2.79. The zero-order valence-electron chi connectivity index (χ0n) is 9.90. The van der Waals surface area contributed by atoms with E-state index in [9.17, 15) is 4.79 Å². The maximum atomic E-state index is 11.7. The number of hydrogen-bond acceptors (Lipinski definition) is 5. The Morgan fingerprint density at radius 3 is 3.18 bits per heavy atom. The maximum absolute atomic E-state index is 11.7. The molecule has 2 N–H and O–H groups in total. The number of carbonyl (C=O) groups excluding carboxylic acids is 1. The highest BCUT2D eigenvalue weighted by molar-refractivity contribution is 5.89. The van der Waals surface area contributed by atoms with Gasteiger partial charge in [-0.05, 0) is 6.92 Å². The van der Waals surface area contributed by atoms with Crippen LogP contribution in [0.5, 0.6) is 0 Å². The van der Waals surface area contributed by atoms with Crippen molar-refractivity contribution in [2.75, 3.05) is 19.8 Å². The molecule has 0 amide bonds. The summed E-state index contributed by atoms with van der Waals surface area (Å²) in [6.45, 7) is 4.05. The Bertz CT molecular complexity index is 414. The number of esters is 1. The van der Waals surface area contributed by atoms with E-state index in [2.05, 4.69) is 10.4 Å². The van der Waals surface area contributed by atoms with Gasteiger partial charge in [-0.15, -0.1) is 0 Å². The molecular weight excluding hydrogens is 222 g/mol. The zero-order chi connectivity index (χ0) is 12.3. The van der Waals surface area contributed by atoms with Crippen LogP contribution in [0.3, 0.4) is 0 Å². The van der Waals surface area contributed by atoms with Crippen LogP contribution in [0.25, 0.3) is 0 Å². The number of aliphatic hydroxyl groups is 1. The summed E-state index contributed by atoms with van der Waals surface area (Å²) < 4.78 is 6.69. The second-order valence-corrected chi connectivity index (χ2v) is 3.87. The van der Waals surface area contributed by atoms with Crippen molar-refractivity contribution in [1.29, 1.82) is 0 Å². The lowest BCUT2D eigenvalue weighted by atomic mass is 10.1. The third kappa shape index (κ3) is 2.32. The fraction of sp³-hybridized carbons (Fsp3) is 0.636. The third-order valence-corrected chi connectivity index (χ3v) is 2.79. The molecule has 0 radical (unpaired) electrons. The van der Waals surface area contributed by atoms with E-state index in [-0.39, 0.29) is 12.6 Å². The number of rotatable bonds is 4. The smallest absolute Gasteiger partial charge is 0.359 e. The highest BCUT2D eigenvalue weighted by atomic mass is 16.5. The summed E-state index contributed by atoms with van der Waals surface area (Å²) in [6.07, 6.45) is 0.821. The quantitative estimate of drug-likeness (QED) is 0.705. The van der Waals surface area contributed by atoms with Gasteiger partial charge >= 0.3 is 5.97 Å². The van der Waals surface area contributed by atoms with Crippen LogP contribution in [0.1, 0.15) is 28.7 Å². The lowest BCUT2D eigenvalue weighted by Gasteiger charge is -2.14. The molecular formula is C11H17N3O3. The van der Waals surface area contributed by atoms with Gasteiger partial charge in [0.25, 0.3) is 0 Å². The first kappa shape index (κ1) is 12.1. The minimum atomic E-state index is -0.385. The van der Waals surface area contributed by atoms with Gasteiger partial charge in [-0.2, -0.15) is 5.10 Å². The fourth-order valence-corrected chi connectivity index (χ4v) is 2.06. The number of hydrogen-bond donors (Lipinski definition) is 2. The van der Waals surface area contributed by atoms with Crippen molar-refractivity contribution in [2.24, 2.45) is 0 Å². The lowest BCUT2D eigenvalue weighted by Crippen LogP contribution is -2.26. The average Bonchev–Trinajstić information content (AvgIpc) is 2.70. The van der Waals surface area contributed by atoms with E-state index in [0.717, 1.165) is 24.2 Å². The van der Waals surface area contributed by atoms with E-state index in [4.69, 9.17) is 9.84 Å². The van der Waals surface area contributed by atoms with Gasteiger partial charge in [-0.3, -0.25) is 4.68 Å². The molecule has 0 atom stereocenters. The van der Waals surface area contributed by atoms with Gasteiger partial charge in [-0.25, -0.2) is 4.79 Å². The average molecular weight is 239 g/mol. The molecule has 94 valence electrons. The molecule has 1 aromatic heterocycles. The first-order valence-corrected chi connectivity index (χ1v) is 5.85. The van der Waals surface area contributed by atoms with Crippen LogP contribution in [0.4, 0.5) is 0 Å². The van der Waals surface area contributed by atoms with Gasteiger partial charge in [0.15, 0.2) is 5.69 Å². The second-order valence-electron chi connectivity index (χ2n) is 3.87. The molecule has 0 fully saturated rings. The minimum Gasteiger partial charge on any atom is -0.461 e. The summed E-state index contributed by atoms with van der Waals surface area (Å²) in [6, 6.07) is 0. The summed E-state index contributed by atoms with van der Waals surface area (Å²) in [5.41, 5.74) is 2.31. The van der Waals surface area contributed by atoms with Crippen molar-refractivity contribution in [1.82, 2.24) is 15.1 Å². The number of aliphatic hydroxyl groups excluding tert-OH is 1. The van der Waals surface area contributed by atoms with E-state index in [1.165, 1.54) is 0 Å².